The van der Waals surface area contributed by atoms with Gasteiger partial charge in [-0.05, 0) is 42.3 Å². The number of urea groups is 1. The molecule has 0 bridgehead atoms. The van der Waals surface area contributed by atoms with Gasteiger partial charge in [0.25, 0.3) is 0 Å². The number of fused-ring (bicyclic) bond motifs is 1. The lowest BCUT2D eigenvalue weighted by Crippen LogP contribution is -2.44. The molecule has 1 aliphatic rings. The van der Waals surface area contributed by atoms with Gasteiger partial charge in [0.15, 0.2) is 0 Å². The Kier molecular flexibility index (Phi) is 5.26. The van der Waals surface area contributed by atoms with Crippen LogP contribution in [0, 0.1) is 0 Å². The highest BCUT2D eigenvalue weighted by Gasteiger charge is 2.31. The van der Waals surface area contributed by atoms with Crippen molar-refractivity contribution < 1.29 is 9.53 Å². The van der Waals surface area contributed by atoms with Gasteiger partial charge in [-0.2, -0.15) is 0 Å². The van der Waals surface area contributed by atoms with E-state index >= 15 is 0 Å². The average Bonchev–Trinajstić information content (AvgIpc) is 3.18. The van der Waals surface area contributed by atoms with E-state index in [-0.39, 0.29) is 12.1 Å². The number of benzene rings is 2. The van der Waals surface area contributed by atoms with Crippen LogP contribution in [0.1, 0.15) is 17.3 Å². The Morgan fingerprint density at radius 1 is 1.14 bits per heavy atom. The molecule has 1 atom stereocenters. The van der Waals surface area contributed by atoms with Gasteiger partial charge in [0.1, 0.15) is 5.75 Å². The summed E-state index contributed by atoms with van der Waals surface area (Å²) in [5.74, 6) is 0.581. The number of anilines is 1. The Labute approximate surface area is 169 Å². The van der Waals surface area contributed by atoms with Crippen molar-refractivity contribution in [2.45, 2.75) is 19.0 Å². The fourth-order valence-electron chi connectivity index (χ4n) is 3.72. The number of carbonyl (C=O) groups is 1. The lowest BCUT2D eigenvalue weighted by molar-refractivity contribution is 0.167. The van der Waals surface area contributed by atoms with Gasteiger partial charge in [-0.15, -0.1) is 0 Å². The number of aromatic nitrogens is 1. The van der Waals surface area contributed by atoms with Crippen LogP contribution in [0.4, 0.5) is 10.5 Å². The van der Waals surface area contributed by atoms with Gasteiger partial charge in [0.2, 0.25) is 0 Å². The number of ether oxygens (including phenoxy) is 1. The molecule has 1 aliphatic heterocycles. The Morgan fingerprint density at radius 2 is 1.96 bits per heavy atom. The molecule has 5 nitrogen and oxygen atoms in total. The van der Waals surface area contributed by atoms with Gasteiger partial charge in [0, 0.05) is 30.0 Å². The highest BCUT2D eigenvalue weighted by Crippen LogP contribution is 2.32. The third-order valence-electron chi connectivity index (χ3n) is 5.10. The first-order valence-electron chi connectivity index (χ1n) is 9.26. The van der Waals surface area contributed by atoms with Crippen LogP contribution in [-0.2, 0) is 13.0 Å². The fraction of sp³-hybridized carbons (Fsp3) is 0.227. The van der Waals surface area contributed by atoms with Crippen molar-refractivity contribution in [1.82, 2.24) is 9.47 Å². The number of hydrogen-bond donors (Lipinski definition) is 1. The van der Waals surface area contributed by atoms with Crippen molar-refractivity contribution in [1.29, 1.82) is 0 Å². The summed E-state index contributed by atoms with van der Waals surface area (Å²) in [7, 11) is 1.57. The summed E-state index contributed by atoms with van der Waals surface area (Å²) in [6.45, 7) is 1.40. The summed E-state index contributed by atoms with van der Waals surface area (Å²) in [6.07, 6.45) is 2.83. The van der Waals surface area contributed by atoms with E-state index in [1.807, 2.05) is 29.2 Å². The van der Waals surface area contributed by atoms with Gasteiger partial charge >= 0.3 is 6.03 Å². The predicted molar refractivity (Wildman–Crippen MR) is 111 cm³/mol. The number of rotatable bonds is 4. The largest absolute Gasteiger partial charge is 0.495 e. The molecule has 2 aromatic carbocycles. The maximum absolute atomic E-state index is 13.2. The third kappa shape index (κ3) is 3.71. The van der Waals surface area contributed by atoms with Crippen molar-refractivity contribution in [2.75, 3.05) is 19.0 Å². The van der Waals surface area contributed by atoms with Crippen LogP contribution in [0.15, 0.2) is 66.9 Å². The monoisotopic (exact) mass is 395 g/mol. The Morgan fingerprint density at radius 3 is 2.75 bits per heavy atom. The van der Waals surface area contributed by atoms with Crippen molar-refractivity contribution >= 4 is 23.3 Å². The highest BCUT2D eigenvalue weighted by atomic mass is 35.5. The standard InChI is InChI=1S/C22H22ClN3O2/c1-28-21-10-9-17(23)15-18(21)24-22(27)26-13-12-25-11-5-8-19(25)20(26)14-16-6-3-2-4-7-16/h2-11,15,20H,12-14H2,1H3,(H,24,27)/t20-/m1/s1. The first-order valence-corrected chi connectivity index (χ1v) is 9.63. The van der Waals surface area contributed by atoms with Gasteiger partial charge < -0.3 is 19.5 Å². The van der Waals surface area contributed by atoms with E-state index in [0.717, 1.165) is 18.7 Å². The molecule has 0 radical (unpaired) electrons. The summed E-state index contributed by atoms with van der Waals surface area (Å²) >= 11 is 6.11. The molecule has 0 spiro atoms. The molecule has 4 rings (SSSR count). The maximum atomic E-state index is 13.2. The smallest absolute Gasteiger partial charge is 0.322 e. The zero-order chi connectivity index (χ0) is 19.5. The lowest BCUT2D eigenvalue weighted by Gasteiger charge is -2.37. The summed E-state index contributed by atoms with van der Waals surface area (Å²) < 4.78 is 7.58. The van der Waals surface area contributed by atoms with Crippen LogP contribution < -0.4 is 10.1 Å². The van der Waals surface area contributed by atoms with Crippen molar-refractivity contribution in [3.63, 3.8) is 0 Å². The average molecular weight is 396 g/mol. The zero-order valence-electron chi connectivity index (χ0n) is 15.6. The number of nitrogens with zero attached hydrogens (tertiary/aromatic N) is 2. The minimum Gasteiger partial charge on any atom is -0.495 e. The molecule has 3 aromatic rings. The number of methoxy groups -OCH3 is 1. The molecule has 1 aromatic heterocycles. The fourth-order valence-corrected chi connectivity index (χ4v) is 3.90. The zero-order valence-corrected chi connectivity index (χ0v) is 16.4. The Hall–Kier alpha value is -2.92. The second-order valence-corrected chi connectivity index (χ2v) is 7.24. The van der Waals surface area contributed by atoms with Crippen LogP contribution in [0.5, 0.6) is 5.75 Å². The number of halogens is 1. The van der Waals surface area contributed by atoms with Crippen molar-refractivity contribution in [3.05, 3.63) is 83.1 Å². The minimum absolute atomic E-state index is 0.0451. The number of amides is 2. The maximum Gasteiger partial charge on any atom is 0.322 e. The van der Waals surface area contributed by atoms with E-state index in [1.54, 1.807) is 25.3 Å². The molecule has 0 fully saturated rings. The molecule has 2 amide bonds. The van der Waals surface area contributed by atoms with Crippen LogP contribution in [0.25, 0.3) is 0 Å². The SMILES string of the molecule is COc1ccc(Cl)cc1NC(=O)N1CCn2cccc2[C@H]1Cc1ccccc1. The van der Waals surface area contributed by atoms with Crippen molar-refractivity contribution in [3.8, 4) is 5.75 Å². The Balaban J connectivity index is 1.61. The molecule has 0 aliphatic carbocycles. The molecular formula is C22H22ClN3O2. The Bertz CT molecular complexity index is 971. The van der Waals surface area contributed by atoms with E-state index < -0.39 is 0 Å². The van der Waals surface area contributed by atoms with E-state index in [1.165, 1.54) is 5.56 Å². The number of hydrogen-bond acceptors (Lipinski definition) is 2. The molecule has 2 heterocycles. The van der Waals surface area contributed by atoms with Crippen LogP contribution >= 0.6 is 11.6 Å². The molecule has 6 heteroatoms. The van der Waals surface area contributed by atoms with E-state index in [2.05, 4.69) is 34.3 Å². The molecule has 28 heavy (non-hydrogen) atoms. The van der Waals surface area contributed by atoms with Gasteiger partial charge in [-0.25, -0.2) is 4.79 Å². The third-order valence-corrected chi connectivity index (χ3v) is 5.34. The molecule has 1 N–H and O–H groups in total. The second kappa shape index (κ2) is 7.98. The molecular weight excluding hydrogens is 374 g/mol. The first kappa shape index (κ1) is 18.4. The van der Waals surface area contributed by atoms with E-state index in [0.29, 0.717) is 23.0 Å². The number of nitrogens with one attached hydrogen (secondary N) is 1. The summed E-state index contributed by atoms with van der Waals surface area (Å²) in [5.41, 5.74) is 2.91. The van der Waals surface area contributed by atoms with Crippen LogP contribution in [0.2, 0.25) is 5.02 Å². The van der Waals surface area contributed by atoms with Crippen LogP contribution in [0.3, 0.4) is 0 Å². The molecule has 144 valence electrons. The molecule has 0 saturated heterocycles. The highest BCUT2D eigenvalue weighted by molar-refractivity contribution is 6.31. The van der Waals surface area contributed by atoms with E-state index in [9.17, 15) is 4.79 Å². The van der Waals surface area contributed by atoms with Gasteiger partial charge in [-0.3, -0.25) is 0 Å². The van der Waals surface area contributed by atoms with Gasteiger partial charge in [0.05, 0.1) is 18.8 Å². The topological polar surface area (TPSA) is 46.5 Å². The lowest BCUT2D eigenvalue weighted by atomic mass is 10.0. The summed E-state index contributed by atoms with van der Waals surface area (Å²) in [6, 6.07) is 19.4. The normalized spacial score (nSPS) is 15.8. The van der Waals surface area contributed by atoms with E-state index in [4.69, 9.17) is 16.3 Å². The molecule has 0 saturated carbocycles. The summed E-state index contributed by atoms with van der Waals surface area (Å²) in [5, 5.41) is 3.52. The molecule has 0 unspecified atom stereocenters. The van der Waals surface area contributed by atoms with Gasteiger partial charge in [-0.1, -0.05) is 41.9 Å². The second-order valence-electron chi connectivity index (χ2n) is 6.80. The number of carbonyl (C=O) groups excluding carboxylic acids is 1. The quantitative estimate of drug-likeness (QED) is 0.677. The minimum atomic E-state index is -0.158. The first-order chi connectivity index (χ1) is 13.7. The predicted octanol–water partition coefficient (Wildman–Crippen LogP) is 4.98. The van der Waals surface area contributed by atoms with Crippen LogP contribution in [-0.4, -0.2) is 29.2 Å². The summed E-state index contributed by atoms with van der Waals surface area (Å²) in [4.78, 5) is 15.1. The van der Waals surface area contributed by atoms with Crippen molar-refractivity contribution in [2.24, 2.45) is 0 Å².